The number of nitrogens with one attached hydrogen (secondary N) is 1. The van der Waals surface area contributed by atoms with E-state index in [0.29, 0.717) is 6.54 Å². The van der Waals surface area contributed by atoms with Crippen LogP contribution >= 0.6 is 15.9 Å². The maximum absolute atomic E-state index is 12.1. The van der Waals surface area contributed by atoms with E-state index in [4.69, 9.17) is 7.98 Å². The molecule has 3 nitrogen and oxygen atoms in total. The quantitative estimate of drug-likeness (QED) is 0.848. The molecule has 1 aromatic rings. The fraction of sp³-hybridized carbons (Fsp3) is 0.417. The number of anilines is 1. The van der Waals surface area contributed by atoms with Crippen molar-refractivity contribution < 1.29 is 4.79 Å². The first-order valence-corrected chi connectivity index (χ1v) is 6.51. The van der Waals surface area contributed by atoms with Gasteiger partial charge in [0, 0.05) is 10.4 Å². The van der Waals surface area contributed by atoms with Gasteiger partial charge in [0.2, 0.25) is 5.91 Å². The number of para-hydroxylation sites is 1. The molecule has 0 aromatic heterocycles. The minimum atomic E-state index is -0.0131. The predicted molar refractivity (Wildman–Crippen MR) is 72.8 cm³/mol. The van der Waals surface area contributed by atoms with E-state index < -0.39 is 0 Å². The molecule has 1 unspecified atom stereocenters. The van der Waals surface area contributed by atoms with E-state index in [9.17, 15) is 4.79 Å². The first-order chi connectivity index (χ1) is 8.16. The molecule has 0 bridgehead atoms. The summed E-state index contributed by atoms with van der Waals surface area (Å²) in [5.74, 6) is 0.0351. The van der Waals surface area contributed by atoms with Gasteiger partial charge in [-0.25, -0.2) is 0 Å². The summed E-state index contributed by atoms with van der Waals surface area (Å²) >= 11 is 3.41. The van der Waals surface area contributed by atoms with Gasteiger partial charge in [0.25, 0.3) is 0 Å². The van der Waals surface area contributed by atoms with Gasteiger partial charge in [-0.2, -0.15) is 0 Å². The van der Waals surface area contributed by atoms with Gasteiger partial charge in [0.1, 0.15) is 0 Å². The van der Waals surface area contributed by atoms with Crippen molar-refractivity contribution in [3.63, 3.8) is 0 Å². The maximum atomic E-state index is 12.1. The third kappa shape index (κ3) is 3.33. The molecular formula is C12H14BBrN2O. The molecule has 2 rings (SSSR count). The Bertz CT molecular complexity index is 413. The van der Waals surface area contributed by atoms with Crippen LogP contribution in [0.1, 0.15) is 12.8 Å². The Kier molecular flexibility index (Phi) is 4.23. The van der Waals surface area contributed by atoms with Crippen LogP contribution < -0.4 is 5.32 Å². The van der Waals surface area contributed by atoms with Crippen molar-refractivity contribution >= 4 is 35.5 Å². The van der Waals surface area contributed by atoms with E-state index in [-0.39, 0.29) is 11.8 Å². The number of benzene rings is 1. The predicted octanol–water partition coefficient (Wildman–Crippen LogP) is 2.18. The summed E-state index contributed by atoms with van der Waals surface area (Å²) in [6, 6.07) is 7.61. The highest BCUT2D eigenvalue weighted by Crippen LogP contribution is 2.23. The molecule has 1 N–H and O–H groups in total. The lowest BCUT2D eigenvalue weighted by molar-refractivity contribution is -0.120. The molecule has 0 aliphatic carbocycles. The van der Waals surface area contributed by atoms with Gasteiger partial charge in [-0.05, 0) is 54.0 Å². The fourth-order valence-corrected chi connectivity index (χ4v) is 2.40. The van der Waals surface area contributed by atoms with Crippen molar-refractivity contribution in [3.05, 3.63) is 28.7 Å². The number of hydrogen-bond acceptors (Lipinski definition) is 2. The van der Waals surface area contributed by atoms with Crippen LogP contribution in [-0.2, 0) is 4.79 Å². The first-order valence-electron chi connectivity index (χ1n) is 5.72. The third-order valence-corrected chi connectivity index (χ3v) is 3.65. The van der Waals surface area contributed by atoms with Crippen molar-refractivity contribution in [1.29, 1.82) is 0 Å². The second-order valence-electron chi connectivity index (χ2n) is 4.30. The molecule has 1 heterocycles. The highest BCUT2D eigenvalue weighted by molar-refractivity contribution is 9.10. The molecule has 0 saturated carbocycles. The number of carbonyl (C=O) groups excluding carboxylic acids is 1. The summed E-state index contributed by atoms with van der Waals surface area (Å²) in [6.45, 7) is 1.51. The molecule has 1 aromatic carbocycles. The number of rotatable bonds is 2. The Morgan fingerprint density at radius 1 is 1.47 bits per heavy atom. The second kappa shape index (κ2) is 5.69. The summed E-state index contributed by atoms with van der Waals surface area (Å²) in [7, 11) is 5.73. The highest BCUT2D eigenvalue weighted by Gasteiger charge is 2.23. The second-order valence-corrected chi connectivity index (χ2v) is 5.16. The van der Waals surface area contributed by atoms with Gasteiger partial charge < -0.3 is 10.1 Å². The lowest BCUT2D eigenvalue weighted by atomic mass is 9.95. The van der Waals surface area contributed by atoms with E-state index in [0.717, 1.165) is 29.5 Å². The molecule has 17 heavy (non-hydrogen) atoms. The lowest BCUT2D eigenvalue weighted by Gasteiger charge is -2.29. The Morgan fingerprint density at radius 2 is 2.24 bits per heavy atom. The Labute approximate surface area is 111 Å². The van der Waals surface area contributed by atoms with E-state index in [1.165, 1.54) is 0 Å². The van der Waals surface area contributed by atoms with Crippen molar-refractivity contribution in [2.24, 2.45) is 5.92 Å². The molecule has 1 amide bonds. The van der Waals surface area contributed by atoms with Gasteiger partial charge in [-0.15, -0.1) is 0 Å². The number of halogens is 1. The lowest BCUT2D eigenvalue weighted by Crippen LogP contribution is -2.39. The minimum Gasteiger partial charge on any atom is -0.353 e. The maximum Gasteiger partial charge on any atom is 0.228 e. The zero-order valence-electron chi connectivity index (χ0n) is 9.53. The minimum absolute atomic E-state index is 0.0131. The van der Waals surface area contributed by atoms with E-state index in [2.05, 4.69) is 21.2 Å². The topological polar surface area (TPSA) is 32.3 Å². The summed E-state index contributed by atoms with van der Waals surface area (Å²) in [5, 5.41) is 2.93. The van der Waals surface area contributed by atoms with Crippen LogP contribution in [0.15, 0.2) is 28.7 Å². The monoisotopic (exact) mass is 292 g/mol. The molecule has 1 aliphatic heterocycles. The number of carbonyl (C=O) groups is 1. The van der Waals surface area contributed by atoms with Gasteiger partial charge in [-0.1, -0.05) is 12.1 Å². The fourth-order valence-electron chi connectivity index (χ4n) is 2.02. The molecule has 1 saturated heterocycles. The zero-order valence-corrected chi connectivity index (χ0v) is 11.1. The Hall–Kier alpha value is -0.805. The number of nitrogens with zero attached hydrogens (tertiary/aromatic N) is 1. The molecule has 1 atom stereocenters. The van der Waals surface area contributed by atoms with Gasteiger partial charge in [0.15, 0.2) is 7.98 Å². The van der Waals surface area contributed by atoms with Crippen molar-refractivity contribution in [2.75, 3.05) is 18.4 Å². The van der Waals surface area contributed by atoms with Gasteiger partial charge in [-0.3, -0.25) is 4.79 Å². The number of hydrogen-bond donors (Lipinski definition) is 1. The van der Waals surface area contributed by atoms with Crippen LogP contribution in [0.3, 0.4) is 0 Å². The molecule has 1 fully saturated rings. The molecular weight excluding hydrogens is 279 g/mol. The van der Waals surface area contributed by atoms with Gasteiger partial charge >= 0.3 is 0 Å². The SMILES string of the molecule is [B]N1CCCC(C(=O)Nc2ccccc2Br)C1. The smallest absolute Gasteiger partial charge is 0.228 e. The van der Waals surface area contributed by atoms with Crippen molar-refractivity contribution in [2.45, 2.75) is 12.8 Å². The van der Waals surface area contributed by atoms with Crippen molar-refractivity contribution in [3.8, 4) is 0 Å². The van der Waals surface area contributed by atoms with E-state index >= 15 is 0 Å². The van der Waals surface area contributed by atoms with Crippen LogP contribution in [0.5, 0.6) is 0 Å². The molecule has 0 spiro atoms. The summed E-state index contributed by atoms with van der Waals surface area (Å²) in [5.41, 5.74) is 0.812. The van der Waals surface area contributed by atoms with E-state index in [1.54, 1.807) is 4.81 Å². The van der Waals surface area contributed by atoms with Crippen LogP contribution in [0.2, 0.25) is 0 Å². The zero-order chi connectivity index (χ0) is 12.3. The van der Waals surface area contributed by atoms with Crippen LogP contribution in [0.4, 0.5) is 5.69 Å². The number of amides is 1. The number of piperidine rings is 1. The van der Waals surface area contributed by atoms with E-state index in [1.807, 2.05) is 24.3 Å². The Balaban J connectivity index is 1.99. The normalized spacial score (nSPS) is 21.1. The van der Waals surface area contributed by atoms with Gasteiger partial charge in [0.05, 0.1) is 5.69 Å². The molecule has 5 heteroatoms. The highest BCUT2D eigenvalue weighted by atomic mass is 79.9. The molecule has 1 aliphatic rings. The summed E-state index contributed by atoms with van der Waals surface area (Å²) < 4.78 is 0.897. The summed E-state index contributed by atoms with van der Waals surface area (Å²) in [6.07, 6.45) is 1.88. The largest absolute Gasteiger partial charge is 0.353 e. The molecule has 2 radical (unpaired) electrons. The van der Waals surface area contributed by atoms with Crippen molar-refractivity contribution in [1.82, 2.24) is 4.81 Å². The van der Waals surface area contributed by atoms with Crippen LogP contribution in [0.25, 0.3) is 0 Å². The molecule has 88 valence electrons. The van der Waals surface area contributed by atoms with Crippen LogP contribution in [-0.4, -0.2) is 31.8 Å². The summed E-state index contributed by atoms with van der Waals surface area (Å²) in [4.78, 5) is 13.8. The Morgan fingerprint density at radius 3 is 2.94 bits per heavy atom. The standard InChI is InChI=1S/C12H14BBrN2O/c13-16-7-3-4-9(8-16)12(17)15-11-6-2-1-5-10(11)14/h1-2,5-6,9H,3-4,7-8H2,(H,15,17). The third-order valence-electron chi connectivity index (χ3n) is 2.96. The average molecular weight is 293 g/mol. The average Bonchev–Trinajstić information content (AvgIpc) is 2.32. The first kappa shape index (κ1) is 12.6. The van der Waals surface area contributed by atoms with Crippen LogP contribution in [0, 0.1) is 5.92 Å².